The molecule has 0 aliphatic carbocycles. The zero-order valence-corrected chi connectivity index (χ0v) is 16.5. The summed E-state index contributed by atoms with van der Waals surface area (Å²) >= 11 is 0. The number of imidazole rings is 1. The van der Waals surface area contributed by atoms with E-state index in [1.165, 1.54) is 0 Å². The number of nitrogens with one attached hydrogen (secondary N) is 1. The number of rotatable bonds is 7. The molecule has 146 valence electrons. The highest BCUT2D eigenvalue weighted by Gasteiger charge is 2.27. The number of hydrogen-bond acceptors (Lipinski definition) is 4. The zero-order chi connectivity index (χ0) is 20.0. The van der Waals surface area contributed by atoms with E-state index in [0.29, 0.717) is 18.8 Å². The Balaban J connectivity index is 1.61. The van der Waals surface area contributed by atoms with Crippen molar-refractivity contribution in [3.63, 3.8) is 0 Å². The van der Waals surface area contributed by atoms with E-state index in [2.05, 4.69) is 41.4 Å². The van der Waals surface area contributed by atoms with Crippen LogP contribution in [-0.4, -0.2) is 36.5 Å². The topological polar surface area (TPSA) is 77.6 Å². The summed E-state index contributed by atoms with van der Waals surface area (Å²) in [5.41, 5.74) is 1.31. The van der Waals surface area contributed by atoms with Gasteiger partial charge in [-0.15, -0.1) is 5.10 Å². The Kier molecular flexibility index (Phi) is 6.03. The molecule has 1 atom stereocenters. The third-order valence-corrected chi connectivity index (χ3v) is 4.48. The van der Waals surface area contributed by atoms with Crippen molar-refractivity contribution in [3.05, 3.63) is 72.6 Å². The van der Waals surface area contributed by atoms with E-state index in [4.69, 9.17) is 0 Å². The number of benzene rings is 1. The molecule has 0 radical (unpaired) electrons. The molecule has 0 unspecified atom stereocenters. The molecule has 2 heterocycles. The van der Waals surface area contributed by atoms with Crippen LogP contribution >= 0.6 is 0 Å². The first-order valence-electron chi connectivity index (χ1n) is 9.30. The molecule has 1 amide bonds. The lowest BCUT2D eigenvalue weighted by Gasteiger charge is -2.31. The molecule has 0 bridgehead atoms. The Labute approximate surface area is 165 Å². The quantitative estimate of drug-likeness (QED) is 0.685. The maximum Gasteiger partial charge on any atom is 0.273 e. The molecule has 3 rings (SSSR count). The van der Waals surface area contributed by atoms with Gasteiger partial charge in [0.25, 0.3) is 5.91 Å². The van der Waals surface area contributed by atoms with Crippen molar-refractivity contribution in [3.8, 4) is 0 Å². The van der Waals surface area contributed by atoms with Crippen LogP contribution in [0.15, 0.2) is 61.3 Å². The van der Waals surface area contributed by atoms with Crippen LogP contribution in [0.1, 0.15) is 36.8 Å². The van der Waals surface area contributed by atoms with Crippen LogP contribution in [0, 0.1) is 5.41 Å². The van der Waals surface area contributed by atoms with Crippen LogP contribution in [-0.2, 0) is 13.1 Å². The van der Waals surface area contributed by atoms with Gasteiger partial charge >= 0.3 is 0 Å². The fraction of sp³-hybridized carbons (Fsp3) is 0.333. The highest BCUT2D eigenvalue weighted by Crippen LogP contribution is 2.21. The van der Waals surface area contributed by atoms with Crippen LogP contribution in [0.5, 0.6) is 0 Å². The average molecular weight is 378 g/mol. The average Bonchev–Trinajstić information content (AvgIpc) is 3.33. The van der Waals surface area contributed by atoms with Gasteiger partial charge in [-0.05, 0) is 11.0 Å². The molecule has 0 aliphatic rings. The van der Waals surface area contributed by atoms with Crippen LogP contribution in [0.4, 0.5) is 0 Å². The smallest absolute Gasteiger partial charge is 0.273 e. The second kappa shape index (κ2) is 8.65. The van der Waals surface area contributed by atoms with E-state index in [1.54, 1.807) is 23.4 Å². The predicted molar refractivity (Wildman–Crippen MR) is 108 cm³/mol. The van der Waals surface area contributed by atoms with Gasteiger partial charge in [-0.2, -0.15) is 0 Å². The van der Waals surface area contributed by atoms with Crippen molar-refractivity contribution in [2.75, 3.05) is 0 Å². The molecule has 0 saturated carbocycles. The van der Waals surface area contributed by atoms with Crippen LogP contribution < -0.4 is 5.32 Å². The molecule has 0 saturated heterocycles. The minimum atomic E-state index is -0.224. The van der Waals surface area contributed by atoms with E-state index in [9.17, 15) is 4.79 Å². The summed E-state index contributed by atoms with van der Waals surface area (Å²) in [5.74, 6) is -0.224. The van der Waals surface area contributed by atoms with E-state index < -0.39 is 0 Å². The van der Waals surface area contributed by atoms with Gasteiger partial charge in [-0.3, -0.25) is 4.79 Å². The van der Waals surface area contributed by atoms with Crippen molar-refractivity contribution in [2.24, 2.45) is 5.41 Å². The number of carbonyl (C=O) groups is 1. The molecule has 2 aromatic heterocycles. The Morgan fingerprint density at radius 3 is 2.71 bits per heavy atom. The standard InChI is InChI=1S/C21H26N6O/c1-21(2,3)19(15-26-13-11-22-16-26)23-20(28)18-14-27(25-24-18)12-7-10-17-8-5-4-6-9-17/h4-11,13-14,16,19H,12,15H2,1-3H3,(H,23,28)/b10-7+/t19-/m0/s1. The van der Waals surface area contributed by atoms with Gasteiger partial charge in [0.1, 0.15) is 0 Å². The number of allylic oxidation sites excluding steroid dienone is 1. The minimum absolute atomic E-state index is 0.0719. The number of hydrogen-bond donors (Lipinski definition) is 1. The zero-order valence-electron chi connectivity index (χ0n) is 16.5. The summed E-state index contributed by atoms with van der Waals surface area (Å²) in [5, 5.41) is 11.2. The third kappa shape index (κ3) is 5.39. The van der Waals surface area contributed by atoms with Crippen LogP contribution in [0.2, 0.25) is 0 Å². The van der Waals surface area contributed by atoms with Gasteiger partial charge < -0.3 is 9.88 Å². The molecule has 1 aromatic carbocycles. The maximum absolute atomic E-state index is 12.7. The van der Waals surface area contributed by atoms with Crippen molar-refractivity contribution in [2.45, 2.75) is 39.9 Å². The third-order valence-electron chi connectivity index (χ3n) is 4.48. The molecular formula is C21H26N6O. The Morgan fingerprint density at radius 2 is 2.04 bits per heavy atom. The first-order valence-corrected chi connectivity index (χ1v) is 9.30. The predicted octanol–water partition coefficient (Wildman–Crippen LogP) is 3.03. The Bertz CT molecular complexity index is 906. The number of amides is 1. The van der Waals surface area contributed by atoms with Gasteiger partial charge in [-0.1, -0.05) is 68.5 Å². The summed E-state index contributed by atoms with van der Waals surface area (Å²) in [7, 11) is 0. The van der Waals surface area contributed by atoms with Crippen molar-refractivity contribution in [1.29, 1.82) is 0 Å². The van der Waals surface area contributed by atoms with Crippen LogP contribution in [0.25, 0.3) is 6.08 Å². The summed E-state index contributed by atoms with van der Waals surface area (Å²) in [6, 6.07) is 9.96. The van der Waals surface area contributed by atoms with Crippen molar-refractivity contribution >= 4 is 12.0 Å². The fourth-order valence-electron chi connectivity index (χ4n) is 2.73. The second-order valence-electron chi connectivity index (χ2n) is 7.79. The van der Waals surface area contributed by atoms with Crippen molar-refractivity contribution in [1.82, 2.24) is 29.9 Å². The van der Waals surface area contributed by atoms with E-state index in [-0.39, 0.29) is 17.4 Å². The van der Waals surface area contributed by atoms with E-state index in [0.717, 1.165) is 5.56 Å². The molecular weight excluding hydrogens is 352 g/mol. The Morgan fingerprint density at radius 1 is 1.25 bits per heavy atom. The normalized spacial score (nSPS) is 13.0. The van der Waals surface area contributed by atoms with E-state index in [1.807, 2.05) is 53.2 Å². The summed E-state index contributed by atoms with van der Waals surface area (Å²) in [6.45, 7) is 7.48. The summed E-state index contributed by atoms with van der Waals surface area (Å²) < 4.78 is 3.61. The lowest BCUT2D eigenvalue weighted by Crippen LogP contribution is -2.46. The second-order valence-corrected chi connectivity index (χ2v) is 7.79. The highest BCUT2D eigenvalue weighted by atomic mass is 16.2. The first kappa shape index (κ1) is 19.5. The summed E-state index contributed by atoms with van der Waals surface area (Å²) in [4.78, 5) is 16.7. The molecule has 0 spiro atoms. The van der Waals surface area contributed by atoms with Gasteiger partial charge in [-0.25, -0.2) is 9.67 Å². The largest absolute Gasteiger partial charge is 0.346 e. The summed E-state index contributed by atoms with van der Waals surface area (Å²) in [6.07, 6.45) is 11.0. The van der Waals surface area contributed by atoms with E-state index >= 15 is 0 Å². The number of nitrogens with zero attached hydrogens (tertiary/aromatic N) is 5. The highest BCUT2D eigenvalue weighted by molar-refractivity contribution is 5.92. The molecule has 3 aromatic rings. The Hall–Kier alpha value is -3.22. The van der Waals surface area contributed by atoms with Gasteiger partial charge in [0, 0.05) is 18.9 Å². The lowest BCUT2D eigenvalue weighted by molar-refractivity contribution is 0.0887. The monoisotopic (exact) mass is 378 g/mol. The first-order chi connectivity index (χ1) is 13.4. The van der Waals surface area contributed by atoms with Gasteiger partial charge in [0.15, 0.2) is 5.69 Å². The maximum atomic E-state index is 12.7. The molecule has 0 aliphatic heterocycles. The molecule has 28 heavy (non-hydrogen) atoms. The van der Waals surface area contributed by atoms with Crippen molar-refractivity contribution < 1.29 is 4.79 Å². The van der Waals surface area contributed by atoms with Gasteiger partial charge in [0.05, 0.1) is 25.1 Å². The molecule has 1 N–H and O–H groups in total. The molecule has 7 nitrogen and oxygen atoms in total. The number of aromatic nitrogens is 5. The van der Waals surface area contributed by atoms with Crippen LogP contribution in [0.3, 0.4) is 0 Å². The minimum Gasteiger partial charge on any atom is -0.346 e. The number of carbonyl (C=O) groups excluding carboxylic acids is 1. The molecule has 0 fully saturated rings. The lowest BCUT2D eigenvalue weighted by atomic mass is 9.86. The SMILES string of the molecule is CC(C)(C)[C@H](Cn1ccnc1)NC(=O)c1cn(C/C=C/c2ccccc2)nn1. The molecule has 7 heteroatoms. The van der Waals surface area contributed by atoms with Gasteiger partial charge in [0.2, 0.25) is 0 Å². The fourth-order valence-corrected chi connectivity index (χ4v) is 2.73.